The molecular formula is C9H12N2O4S. The van der Waals surface area contributed by atoms with E-state index < -0.39 is 17.3 Å². The summed E-state index contributed by atoms with van der Waals surface area (Å²) in [5.41, 5.74) is 6.17. The Bertz CT molecular complexity index is 371. The fraction of sp³-hybridized carbons (Fsp3) is 0.556. The zero-order valence-electron chi connectivity index (χ0n) is 8.62. The predicted molar refractivity (Wildman–Crippen MR) is 57.6 cm³/mol. The van der Waals surface area contributed by atoms with Gasteiger partial charge in [-0.05, 0) is 5.57 Å². The van der Waals surface area contributed by atoms with Gasteiger partial charge in [-0.2, -0.15) is 0 Å². The van der Waals surface area contributed by atoms with Gasteiger partial charge in [0.25, 0.3) is 0 Å². The van der Waals surface area contributed by atoms with Crippen LogP contribution in [-0.2, 0) is 14.3 Å². The highest BCUT2D eigenvalue weighted by Crippen LogP contribution is 2.39. The van der Waals surface area contributed by atoms with Crippen LogP contribution in [0.4, 0.5) is 0 Å². The molecule has 16 heavy (non-hydrogen) atoms. The van der Waals surface area contributed by atoms with Gasteiger partial charge in [-0.3, -0.25) is 9.59 Å². The molecule has 7 heteroatoms. The lowest BCUT2D eigenvalue weighted by Gasteiger charge is -2.47. The normalized spacial score (nSPS) is 32.9. The topological polar surface area (TPSA) is 92.9 Å². The summed E-state index contributed by atoms with van der Waals surface area (Å²) in [6, 6.07) is -0.591. The smallest absolute Gasteiger partial charge is 0.321 e. The van der Waals surface area contributed by atoms with Gasteiger partial charge in [-0.15, -0.1) is 11.8 Å². The monoisotopic (exact) mass is 244 g/mol. The van der Waals surface area contributed by atoms with Crippen LogP contribution in [0.15, 0.2) is 11.8 Å². The van der Waals surface area contributed by atoms with Gasteiger partial charge in [0.1, 0.15) is 16.7 Å². The molecule has 3 atom stereocenters. The molecule has 0 aliphatic carbocycles. The third-order valence-electron chi connectivity index (χ3n) is 2.57. The maximum atomic E-state index is 11.4. The number of rotatable bonds is 3. The van der Waals surface area contributed by atoms with Crippen molar-refractivity contribution < 1.29 is 19.4 Å². The van der Waals surface area contributed by atoms with Crippen molar-refractivity contribution in [3.8, 4) is 0 Å². The minimum atomic E-state index is -0.931. The molecule has 1 amide bonds. The maximum Gasteiger partial charge on any atom is 0.321 e. The Morgan fingerprint density at radius 2 is 2.44 bits per heavy atom. The number of nitrogens with zero attached hydrogens (tertiary/aromatic N) is 1. The highest BCUT2D eigenvalue weighted by atomic mass is 32.2. The van der Waals surface area contributed by atoms with Gasteiger partial charge in [0, 0.05) is 13.3 Å². The van der Waals surface area contributed by atoms with Crippen LogP contribution >= 0.6 is 11.8 Å². The molecule has 6 nitrogen and oxygen atoms in total. The summed E-state index contributed by atoms with van der Waals surface area (Å²) in [5.74, 6) is -1.10. The quantitative estimate of drug-likeness (QED) is 0.632. The fourth-order valence-corrected chi connectivity index (χ4v) is 3.05. The lowest BCUT2D eigenvalue weighted by molar-refractivity contribution is -0.141. The number of fused-ring (bicyclic) bond motifs is 1. The number of hydrogen-bond acceptors (Lipinski definition) is 5. The minimum absolute atomic E-state index is 0.171. The van der Waals surface area contributed by atoms with Gasteiger partial charge in [-0.1, -0.05) is 0 Å². The van der Waals surface area contributed by atoms with E-state index in [1.807, 2.05) is 0 Å². The molecule has 0 aromatic rings. The molecule has 0 saturated carbocycles. The molecule has 0 bridgehead atoms. The molecule has 2 rings (SSSR count). The molecule has 2 aliphatic heterocycles. The summed E-state index contributed by atoms with van der Waals surface area (Å²) < 4.78 is 4.92. The Kier molecular flexibility index (Phi) is 2.92. The first kappa shape index (κ1) is 11.4. The first-order valence-electron chi connectivity index (χ1n) is 4.72. The summed E-state index contributed by atoms with van der Waals surface area (Å²) in [6.45, 7) is 0.204. The molecule has 2 heterocycles. The van der Waals surface area contributed by atoms with Gasteiger partial charge in [0.05, 0.1) is 6.61 Å². The van der Waals surface area contributed by atoms with Gasteiger partial charge >= 0.3 is 5.97 Å². The summed E-state index contributed by atoms with van der Waals surface area (Å²) in [5, 5.41) is 8.12. The van der Waals surface area contributed by atoms with Crippen molar-refractivity contribution in [2.45, 2.75) is 16.7 Å². The number of carboxylic acids is 1. The Labute approximate surface area is 96.4 Å². The largest absolute Gasteiger partial charge is 0.480 e. The van der Waals surface area contributed by atoms with Crippen molar-refractivity contribution in [1.82, 2.24) is 4.90 Å². The van der Waals surface area contributed by atoms with Crippen LogP contribution < -0.4 is 5.73 Å². The van der Waals surface area contributed by atoms with Crippen LogP contribution in [0.1, 0.15) is 0 Å². The second kappa shape index (κ2) is 4.08. The van der Waals surface area contributed by atoms with E-state index in [4.69, 9.17) is 15.6 Å². The van der Waals surface area contributed by atoms with E-state index in [9.17, 15) is 9.59 Å². The fourth-order valence-electron chi connectivity index (χ4n) is 1.77. The standard InChI is InChI=1S/C9H12N2O4S/c1-15-3-4-2-11-7(12)5(10)8(11)16-6(4)9(13)14/h2,5-6,8H,3,10H2,1H3,(H,13,14)/t5?,6?,8-/m1/s1. The van der Waals surface area contributed by atoms with Crippen LogP contribution in [0, 0.1) is 0 Å². The van der Waals surface area contributed by atoms with Crippen molar-refractivity contribution in [3.05, 3.63) is 11.8 Å². The number of hydrogen-bond donors (Lipinski definition) is 2. The van der Waals surface area contributed by atoms with Crippen molar-refractivity contribution in [2.24, 2.45) is 5.73 Å². The average molecular weight is 244 g/mol. The molecule has 0 aromatic carbocycles. The number of β-lactam (4-membered cyclic amide) rings is 1. The van der Waals surface area contributed by atoms with Gasteiger partial charge < -0.3 is 20.5 Å². The summed E-state index contributed by atoms with van der Waals surface area (Å²) >= 11 is 1.18. The highest BCUT2D eigenvalue weighted by molar-refractivity contribution is 8.01. The first-order chi connectivity index (χ1) is 7.56. The minimum Gasteiger partial charge on any atom is -0.480 e. The molecule has 1 fully saturated rings. The Morgan fingerprint density at radius 1 is 1.75 bits per heavy atom. The number of aliphatic carboxylic acids is 1. The number of carboxylic acid groups (broad SMARTS) is 1. The predicted octanol–water partition coefficient (Wildman–Crippen LogP) is -0.788. The van der Waals surface area contributed by atoms with Gasteiger partial charge in [0.15, 0.2) is 0 Å². The Balaban J connectivity index is 2.23. The number of carbonyl (C=O) groups excluding carboxylic acids is 1. The molecule has 3 N–H and O–H groups in total. The number of ether oxygens (including phenoxy) is 1. The number of nitrogens with two attached hydrogens (primary N) is 1. The van der Waals surface area contributed by atoms with Crippen molar-refractivity contribution in [3.63, 3.8) is 0 Å². The van der Waals surface area contributed by atoms with E-state index in [1.54, 1.807) is 6.20 Å². The molecular weight excluding hydrogens is 232 g/mol. The van der Waals surface area contributed by atoms with Crippen molar-refractivity contribution >= 4 is 23.6 Å². The third-order valence-corrected chi connectivity index (χ3v) is 4.15. The van der Waals surface area contributed by atoms with Crippen LogP contribution in [0.3, 0.4) is 0 Å². The Hall–Kier alpha value is -1.05. The van der Waals surface area contributed by atoms with E-state index >= 15 is 0 Å². The zero-order valence-corrected chi connectivity index (χ0v) is 9.44. The molecule has 0 aromatic heterocycles. The van der Waals surface area contributed by atoms with Gasteiger partial charge in [0.2, 0.25) is 5.91 Å². The summed E-state index contributed by atoms with van der Waals surface area (Å²) in [6.07, 6.45) is 1.55. The lowest BCUT2D eigenvalue weighted by atomic mass is 10.1. The second-order valence-electron chi connectivity index (χ2n) is 3.65. The lowest BCUT2D eigenvalue weighted by Crippen LogP contribution is -2.67. The van der Waals surface area contributed by atoms with Crippen molar-refractivity contribution in [2.75, 3.05) is 13.7 Å². The highest BCUT2D eigenvalue weighted by Gasteiger charge is 2.50. The second-order valence-corrected chi connectivity index (χ2v) is 4.88. The van der Waals surface area contributed by atoms with Crippen LogP contribution in [0.25, 0.3) is 0 Å². The molecule has 0 radical (unpaired) electrons. The van der Waals surface area contributed by atoms with E-state index in [-0.39, 0.29) is 17.9 Å². The van der Waals surface area contributed by atoms with E-state index in [1.165, 1.54) is 23.8 Å². The van der Waals surface area contributed by atoms with E-state index in [2.05, 4.69) is 0 Å². The number of methoxy groups -OCH3 is 1. The number of amides is 1. The molecule has 2 aliphatic rings. The molecule has 88 valence electrons. The maximum absolute atomic E-state index is 11.4. The van der Waals surface area contributed by atoms with Crippen LogP contribution in [-0.4, -0.2) is 52.3 Å². The van der Waals surface area contributed by atoms with E-state index in [0.29, 0.717) is 5.57 Å². The molecule has 2 unspecified atom stereocenters. The van der Waals surface area contributed by atoms with E-state index in [0.717, 1.165) is 0 Å². The Morgan fingerprint density at radius 3 is 3.00 bits per heavy atom. The van der Waals surface area contributed by atoms with Gasteiger partial charge in [-0.25, -0.2) is 0 Å². The third kappa shape index (κ3) is 1.60. The number of thioether (sulfide) groups is 1. The van der Waals surface area contributed by atoms with Crippen molar-refractivity contribution in [1.29, 1.82) is 0 Å². The SMILES string of the molecule is COCC1=CN2C(=O)C(N)[C@H]2SC1C(=O)O. The molecule has 1 saturated heterocycles. The summed E-state index contributed by atoms with van der Waals surface area (Å²) in [7, 11) is 1.49. The van der Waals surface area contributed by atoms with Crippen LogP contribution in [0.2, 0.25) is 0 Å². The van der Waals surface area contributed by atoms with Crippen LogP contribution in [0.5, 0.6) is 0 Å². The summed E-state index contributed by atoms with van der Waals surface area (Å²) in [4.78, 5) is 23.9. The zero-order chi connectivity index (χ0) is 11.9. The average Bonchev–Trinajstić information content (AvgIpc) is 2.27. The number of carbonyl (C=O) groups is 2. The molecule has 0 spiro atoms. The first-order valence-corrected chi connectivity index (χ1v) is 5.66.